The highest BCUT2D eigenvalue weighted by molar-refractivity contribution is 14.0. The Morgan fingerprint density at radius 3 is 2.28 bits per heavy atom. The van der Waals surface area contributed by atoms with Crippen LogP contribution >= 0.6 is 24.0 Å². The van der Waals surface area contributed by atoms with Gasteiger partial charge in [-0.25, -0.2) is 8.78 Å². The van der Waals surface area contributed by atoms with E-state index in [4.69, 9.17) is 10.5 Å². The fourth-order valence-electron chi connectivity index (χ4n) is 2.14. The van der Waals surface area contributed by atoms with E-state index < -0.39 is 11.6 Å². The second kappa shape index (κ2) is 10.2. The number of hydrogen-bond donors (Lipinski definition) is 2. The maximum atomic E-state index is 13.5. The number of anilines is 1. The molecule has 7 heteroatoms. The van der Waals surface area contributed by atoms with Crippen LogP contribution < -0.4 is 15.8 Å². The largest absolute Gasteiger partial charge is 0.491 e. The second-order valence-corrected chi connectivity index (χ2v) is 5.53. The number of ether oxygens (including phenoxy) is 1. The third kappa shape index (κ3) is 6.85. The van der Waals surface area contributed by atoms with Gasteiger partial charge in [0.15, 0.2) is 5.96 Å². The number of nitrogens with two attached hydrogens (primary N) is 1. The van der Waals surface area contributed by atoms with Crippen LogP contribution in [0.2, 0.25) is 0 Å². The molecule has 0 amide bonds. The van der Waals surface area contributed by atoms with Crippen molar-refractivity contribution >= 4 is 35.6 Å². The van der Waals surface area contributed by atoms with Crippen molar-refractivity contribution in [2.24, 2.45) is 10.7 Å². The highest BCUT2D eigenvalue weighted by atomic mass is 127. The fraction of sp³-hybridized carbons (Fsp3) is 0.278. The molecule has 0 heterocycles. The first-order chi connectivity index (χ1) is 11.5. The Morgan fingerprint density at radius 2 is 1.72 bits per heavy atom. The summed E-state index contributed by atoms with van der Waals surface area (Å²) in [6.45, 7) is 4.09. The molecular formula is C18H22F2IN3O. The maximum Gasteiger partial charge on any atom is 0.193 e. The summed E-state index contributed by atoms with van der Waals surface area (Å²) < 4.78 is 32.6. The van der Waals surface area contributed by atoms with E-state index in [-0.39, 0.29) is 54.6 Å². The lowest BCUT2D eigenvalue weighted by Gasteiger charge is -2.11. The minimum absolute atomic E-state index is 0. The molecule has 0 aliphatic carbocycles. The molecule has 0 atom stereocenters. The van der Waals surface area contributed by atoms with Gasteiger partial charge in [-0.3, -0.25) is 4.99 Å². The van der Waals surface area contributed by atoms with E-state index in [0.29, 0.717) is 0 Å². The molecule has 0 spiro atoms. The Balaban J connectivity index is 0.00000312. The molecular weight excluding hydrogens is 439 g/mol. The molecule has 3 N–H and O–H groups in total. The zero-order valence-electron chi connectivity index (χ0n) is 14.1. The van der Waals surface area contributed by atoms with Crippen LogP contribution in [-0.4, -0.2) is 18.6 Å². The number of halogens is 3. The highest BCUT2D eigenvalue weighted by Gasteiger charge is 2.07. The van der Waals surface area contributed by atoms with Gasteiger partial charge in [0.2, 0.25) is 0 Å². The van der Waals surface area contributed by atoms with Crippen molar-refractivity contribution in [3.63, 3.8) is 0 Å². The summed E-state index contributed by atoms with van der Waals surface area (Å²) >= 11 is 0. The van der Waals surface area contributed by atoms with E-state index in [9.17, 15) is 8.78 Å². The molecule has 0 radical (unpaired) electrons. The Morgan fingerprint density at radius 1 is 1.12 bits per heavy atom. The zero-order chi connectivity index (χ0) is 17.5. The quantitative estimate of drug-likeness (QED) is 0.383. The predicted molar refractivity (Wildman–Crippen MR) is 108 cm³/mol. The number of benzene rings is 2. The van der Waals surface area contributed by atoms with Gasteiger partial charge in [-0.2, -0.15) is 0 Å². The standard InChI is InChI=1S/C18H21F2N3O.HI/c1-12(2)24-14-8-6-13(7-9-14)23-18(21)22-11-10-15-16(19)4-3-5-17(15)20;/h3-9,12H,10-11H2,1-2H3,(H3,21,22,23);1H. The van der Waals surface area contributed by atoms with Crippen LogP contribution in [0.3, 0.4) is 0 Å². The van der Waals surface area contributed by atoms with Gasteiger partial charge in [-0.15, -0.1) is 24.0 Å². The van der Waals surface area contributed by atoms with Gasteiger partial charge in [0.1, 0.15) is 17.4 Å². The summed E-state index contributed by atoms with van der Waals surface area (Å²) in [6.07, 6.45) is 0.247. The van der Waals surface area contributed by atoms with Crippen molar-refractivity contribution in [1.82, 2.24) is 0 Å². The molecule has 25 heavy (non-hydrogen) atoms. The third-order valence-electron chi connectivity index (χ3n) is 3.20. The number of nitrogens with zero attached hydrogens (tertiary/aromatic N) is 1. The average molecular weight is 461 g/mol. The monoisotopic (exact) mass is 461 g/mol. The lowest BCUT2D eigenvalue weighted by atomic mass is 10.1. The molecule has 0 aliphatic heterocycles. The minimum Gasteiger partial charge on any atom is -0.491 e. The van der Waals surface area contributed by atoms with Crippen LogP contribution in [-0.2, 0) is 6.42 Å². The molecule has 0 bridgehead atoms. The van der Waals surface area contributed by atoms with E-state index >= 15 is 0 Å². The second-order valence-electron chi connectivity index (χ2n) is 5.53. The lowest BCUT2D eigenvalue weighted by molar-refractivity contribution is 0.242. The maximum absolute atomic E-state index is 13.5. The van der Waals surface area contributed by atoms with Crippen LogP contribution in [0.25, 0.3) is 0 Å². The summed E-state index contributed by atoms with van der Waals surface area (Å²) in [5.74, 6) is -0.194. The molecule has 4 nitrogen and oxygen atoms in total. The van der Waals surface area contributed by atoms with Crippen molar-refractivity contribution in [2.75, 3.05) is 11.9 Å². The van der Waals surface area contributed by atoms with Gasteiger partial charge in [0, 0.05) is 17.8 Å². The van der Waals surface area contributed by atoms with Gasteiger partial charge in [-0.05, 0) is 56.7 Å². The van der Waals surface area contributed by atoms with Gasteiger partial charge in [0.25, 0.3) is 0 Å². The number of guanidine groups is 1. The Labute approximate surface area is 163 Å². The van der Waals surface area contributed by atoms with E-state index in [1.165, 1.54) is 18.2 Å². The zero-order valence-corrected chi connectivity index (χ0v) is 16.5. The lowest BCUT2D eigenvalue weighted by Crippen LogP contribution is -2.23. The normalized spacial score (nSPS) is 11.2. The first kappa shape index (κ1) is 21.1. The van der Waals surface area contributed by atoms with E-state index in [2.05, 4.69) is 10.3 Å². The van der Waals surface area contributed by atoms with E-state index in [1.54, 1.807) is 0 Å². The summed E-state index contributed by atoms with van der Waals surface area (Å²) in [4.78, 5) is 4.09. The first-order valence-electron chi connectivity index (χ1n) is 7.72. The minimum atomic E-state index is -0.572. The van der Waals surface area contributed by atoms with Crippen LogP contribution in [0, 0.1) is 11.6 Å². The SMILES string of the molecule is CC(C)Oc1ccc(NC(N)=NCCc2c(F)cccc2F)cc1.I. The molecule has 0 fully saturated rings. The van der Waals surface area contributed by atoms with Crippen molar-refractivity contribution in [2.45, 2.75) is 26.4 Å². The fourth-order valence-corrected chi connectivity index (χ4v) is 2.14. The Hall–Kier alpha value is -1.90. The van der Waals surface area contributed by atoms with E-state index in [1.807, 2.05) is 38.1 Å². The number of rotatable bonds is 6. The Bertz CT molecular complexity index is 686. The molecule has 0 aliphatic rings. The topological polar surface area (TPSA) is 59.6 Å². The summed E-state index contributed by atoms with van der Waals surface area (Å²) in [6, 6.07) is 11.1. The number of hydrogen-bond acceptors (Lipinski definition) is 2. The van der Waals surface area contributed by atoms with Crippen molar-refractivity contribution in [3.05, 3.63) is 59.7 Å². The third-order valence-corrected chi connectivity index (χ3v) is 3.20. The van der Waals surface area contributed by atoms with Crippen LogP contribution in [0.5, 0.6) is 5.75 Å². The smallest absolute Gasteiger partial charge is 0.193 e. The summed E-state index contributed by atoms with van der Waals surface area (Å²) in [5, 5.41) is 2.92. The van der Waals surface area contributed by atoms with Crippen molar-refractivity contribution < 1.29 is 13.5 Å². The molecule has 2 rings (SSSR count). The molecule has 136 valence electrons. The van der Waals surface area contributed by atoms with Crippen LogP contribution in [0.1, 0.15) is 19.4 Å². The van der Waals surface area contributed by atoms with E-state index in [0.717, 1.165) is 11.4 Å². The predicted octanol–water partition coefficient (Wildman–Crippen LogP) is 4.34. The molecule has 0 saturated heterocycles. The van der Waals surface area contributed by atoms with Crippen molar-refractivity contribution in [3.8, 4) is 5.75 Å². The molecule has 2 aromatic rings. The number of aliphatic imine (C=N–C) groups is 1. The molecule has 0 saturated carbocycles. The Kier molecular flexibility index (Phi) is 8.60. The van der Waals surface area contributed by atoms with Gasteiger partial charge >= 0.3 is 0 Å². The van der Waals surface area contributed by atoms with Crippen molar-refractivity contribution in [1.29, 1.82) is 0 Å². The average Bonchev–Trinajstić information content (AvgIpc) is 2.52. The van der Waals surface area contributed by atoms with Gasteiger partial charge in [0.05, 0.1) is 6.10 Å². The van der Waals surface area contributed by atoms with Gasteiger partial charge < -0.3 is 15.8 Å². The molecule has 0 aromatic heterocycles. The summed E-state index contributed by atoms with van der Waals surface area (Å²) in [5.41, 5.74) is 6.56. The first-order valence-corrected chi connectivity index (χ1v) is 7.72. The summed E-state index contributed by atoms with van der Waals surface area (Å²) in [7, 11) is 0. The molecule has 0 unspecified atom stereocenters. The van der Waals surface area contributed by atoms with Crippen LogP contribution in [0.15, 0.2) is 47.5 Å². The number of nitrogens with one attached hydrogen (secondary N) is 1. The highest BCUT2D eigenvalue weighted by Crippen LogP contribution is 2.17. The van der Waals surface area contributed by atoms with Gasteiger partial charge in [-0.1, -0.05) is 6.07 Å². The molecule has 2 aromatic carbocycles. The van der Waals surface area contributed by atoms with Crippen LogP contribution in [0.4, 0.5) is 14.5 Å².